The number of piperidine rings is 1. The number of hydrogen-bond donors (Lipinski definition) is 2. The first-order valence-corrected chi connectivity index (χ1v) is 14.7. The quantitative estimate of drug-likeness (QED) is 0.378. The average molecular weight is 518 g/mol. The van der Waals surface area contributed by atoms with Crippen LogP contribution in [-0.4, -0.2) is 55.7 Å². The van der Waals surface area contributed by atoms with Crippen LogP contribution in [0.1, 0.15) is 106 Å². The second kappa shape index (κ2) is 11.9. The first-order valence-electron chi connectivity index (χ1n) is 14.7. The van der Waals surface area contributed by atoms with Gasteiger partial charge in [-0.3, -0.25) is 4.79 Å². The van der Waals surface area contributed by atoms with Crippen molar-refractivity contribution in [3.8, 4) is 0 Å². The summed E-state index contributed by atoms with van der Waals surface area (Å²) in [5.41, 5.74) is 4.34. The van der Waals surface area contributed by atoms with Gasteiger partial charge in [-0.15, -0.1) is 0 Å². The predicted octanol–water partition coefficient (Wildman–Crippen LogP) is 6.09. The normalized spacial score (nSPS) is 21.5. The zero-order valence-electron chi connectivity index (χ0n) is 23.2. The van der Waals surface area contributed by atoms with Gasteiger partial charge in [0.05, 0.1) is 6.10 Å². The molecule has 2 aliphatic rings. The topological polar surface area (TPSA) is 83.3 Å². The molecule has 1 saturated carbocycles. The van der Waals surface area contributed by atoms with Crippen LogP contribution in [0.3, 0.4) is 0 Å². The first-order chi connectivity index (χ1) is 18.5. The molecule has 38 heavy (non-hydrogen) atoms. The molecule has 2 fully saturated rings. The maximum Gasteiger partial charge on any atom is 0.253 e. The fourth-order valence-electron chi connectivity index (χ4n) is 6.25. The van der Waals surface area contributed by atoms with E-state index in [1.165, 1.54) is 11.1 Å². The molecular weight excluding hydrogens is 474 g/mol. The first kappa shape index (κ1) is 26.7. The van der Waals surface area contributed by atoms with Crippen molar-refractivity contribution in [1.29, 1.82) is 0 Å². The molecule has 0 unspecified atom stereocenters. The zero-order chi connectivity index (χ0) is 26.6. The van der Waals surface area contributed by atoms with Crippen LogP contribution in [-0.2, 0) is 6.42 Å². The van der Waals surface area contributed by atoms with Crippen molar-refractivity contribution in [2.75, 3.05) is 18.4 Å². The number of aryl methyl sites for hydroxylation is 1. The molecule has 0 bridgehead atoms. The molecule has 1 saturated heterocycles. The van der Waals surface area contributed by atoms with Gasteiger partial charge in [0.15, 0.2) is 0 Å². The van der Waals surface area contributed by atoms with E-state index in [2.05, 4.69) is 49.0 Å². The van der Waals surface area contributed by atoms with Crippen LogP contribution in [0.5, 0.6) is 0 Å². The monoisotopic (exact) mass is 517 g/mol. The summed E-state index contributed by atoms with van der Waals surface area (Å²) >= 11 is 0. The smallest absolute Gasteiger partial charge is 0.253 e. The van der Waals surface area contributed by atoms with E-state index in [1.807, 2.05) is 23.2 Å². The number of hydrogen-bond acceptors (Lipinski definition) is 5. The number of carbonyl (C=O) groups is 1. The minimum Gasteiger partial charge on any atom is -0.393 e. The number of aromatic nitrogens is 3. The van der Waals surface area contributed by atoms with Crippen LogP contribution >= 0.6 is 0 Å². The molecule has 1 aromatic carbocycles. The van der Waals surface area contributed by atoms with E-state index >= 15 is 0 Å². The molecule has 5 rings (SSSR count). The summed E-state index contributed by atoms with van der Waals surface area (Å²) in [6.07, 6.45) is 12.8. The van der Waals surface area contributed by atoms with Gasteiger partial charge < -0.3 is 19.9 Å². The number of rotatable bonds is 8. The molecule has 1 atom stereocenters. The van der Waals surface area contributed by atoms with Gasteiger partial charge in [0.2, 0.25) is 5.95 Å². The number of aliphatic hydroxyl groups is 1. The summed E-state index contributed by atoms with van der Waals surface area (Å²) in [6.45, 7) is 8.02. The van der Waals surface area contributed by atoms with Gasteiger partial charge in [-0.1, -0.05) is 32.4 Å². The summed E-state index contributed by atoms with van der Waals surface area (Å²) in [5, 5.41) is 14.7. The number of fused-ring (bicyclic) bond motifs is 1. The molecule has 7 heteroatoms. The number of likely N-dealkylation sites (tertiary alicyclic amines) is 1. The summed E-state index contributed by atoms with van der Waals surface area (Å²) in [5.74, 6) is 1.20. The van der Waals surface area contributed by atoms with Gasteiger partial charge in [0.1, 0.15) is 5.65 Å². The Hall–Kier alpha value is -2.93. The van der Waals surface area contributed by atoms with Gasteiger partial charge in [-0.05, 0) is 87.5 Å². The van der Waals surface area contributed by atoms with Crippen molar-refractivity contribution >= 4 is 22.9 Å². The van der Waals surface area contributed by atoms with Crippen LogP contribution in [0.15, 0.2) is 36.7 Å². The summed E-state index contributed by atoms with van der Waals surface area (Å²) in [6, 6.07) is 8.72. The number of carbonyl (C=O) groups excluding carboxylic acids is 1. The van der Waals surface area contributed by atoms with Gasteiger partial charge in [0.25, 0.3) is 5.91 Å². The molecule has 3 aromatic rings. The van der Waals surface area contributed by atoms with Crippen LogP contribution in [0.4, 0.5) is 5.95 Å². The third kappa shape index (κ3) is 5.73. The molecule has 1 aliphatic carbocycles. The summed E-state index contributed by atoms with van der Waals surface area (Å²) < 4.78 is 2.36. The number of aliphatic hydroxyl groups excluding tert-OH is 1. The molecule has 2 N–H and O–H groups in total. The second-order valence-corrected chi connectivity index (χ2v) is 11.3. The van der Waals surface area contributed by atoms with Crippen LogP contribution in [0, 0.1) is 0 Å². The molecule has 0 spiro atoms. The number of anilines is 1. The Morgan fingerprint density at radius 3 is 2.45 bits per heavy atom. The third-order valence-corrected chi connectivity index (χ3v) is 8.59. The van der Waals surface area contributed by atoms with Crippen molar-refractivity contribution in [1.82, 2.24) is 19.4 Å². The van der Waals surface area contributed by atoms with Gasteiger partial charge in [-0.2, -0.15) is 4.98 Å². The molecule has 204 valence electrons. The number of amides is 1. The van der Waals surface area contributed by atoms with Crippen molar-refractivity contribution in [3.05, 3.63) is 53.3 Å². The van der Waals surface area contributed by atoms with E-state index in [4.69, 9.17) is 9.97 Å². The van der Waals surface area contributed by atoms with Crippen molar-refractivity contribution in [2.24, 2.45) is 0 Å². The lowest BCUT2D eigenvalue weighted by molar-refractivity contribution is 0.0713. The zero-order valence-corrected chi connectivity index (χ0v) is 23.2. The SMILES string of the molecule is CCC[C@H](C)Nc1ncc2c(C3CCN(C(=O)c4ccc(CC)cc4)CC3)cn(C3CCC(O)CC3)c2n1. The lowest BCUT2D eigenvalue weighted by atomic mass is 9.89. The van der Waals surface area contributed by atoms with Crippen molar-refractivity contribution in [2.45, 2.75) is 103 Å². The fraction of sp³-hybridized carbons (Fsp3) is 0.581. The largest absolute Gasteiger partial charge is 0.393 e. The lowest BCUT2D eigenvalue weighted by Gasteiger charge is -2.32. The Morgan fingerprint density at radius 2 is 1.79 bits per heavy atom. The van der Waals surface area contributed by atoms with E-state index in [9.17, 15) is 9.90 Å². The molecule has 1 amide bonds. The highest BCUT2D eigenvalue weighted by molar-refractivity contribution is 5.94. The lowest BCUT2D eigenvalue weighted by Crippen LogP contribution is -2.37. The highest BCUT2D eigenvalue weighted by Crippen LogP contribution is 2.38. The number of nitrogens with one attached hydrogen (secondary N) is 1. The summed E-state index contributed by atoms with van der Waals surface area (Å²) in [7, 11) is 0. The van der Waals surface area contributed by atoms with Crippen molar-refractivity contribution < 1.29 is 9.90 Å². The molecule has 3 heterocycles. The summed E-state index contributed by atoms with van der Waals surface area (Å²) in [4.78, 5) is 24.9. The Balaban J connectivity index is 1.36. The minimum atomic E-state index is -0.186. The van der Waals surface area contributed by atoms with Gasteiger partial charge in [0, 0.05) is 48.5 Å². The van der Waals surface area contributed by atoms with Crippen molar-refractivity contribution in [3.63, 3.8) is 0 Å². The molecule has 7 nitrogen and oxygen atoms in total. The molecule has 2 aromatic heterocycles. The van der Waals surface area contributed by atoms with E-state index in [0.29, 0.717) is 23.9 Å². The van der Waals surface area contributed by atoms with E-state index < -0.39 is 0 Å². The fourth-order valence-corrected chi connectivity index (χ4v) is 6.25. The third-order valence-electron chi connectivity index (χ3n) is 8.59. The Morgan fingerprint density at radius 1 is 1.08 bits per heavy atom. The molecule has 0 radical (unpaired) electrons. The van der Waals surface area contributed by atoms with Gasteiger partial charge in [-0.25, -0.2) is 4.98 Å². The van der Waals surface area contributed by atoms with E-state index in [1.54, 1.807) is 0 Å². The predicted molar refractivity (Wildman–Crippen MR) is 153 cm³/mol. The molecular formula is C31H43N5O2. The standard InChI is InChI=1S/C31H43N5O2/c1-4-6-21(3)33-31-32-19-27-28(20-36(29(27)34-31)25-11-13-26(37)14-12-25)23-15-17-35(18-16-23)30(38)24-9-7-22(5-2)8-10-24/h7-10,19-21,23,25-26,37H,4-6,11-18H2,1-3H3,(H,32,33,34)/t21-,25?,26?/m0/s1. The van der Waals surface area contributed by atoms with Gasteiger partial charge >= 0.3 is 0 Å². The maximum absolute atomic E-state index is 13.1. The highest BCUT2D eigenvalue weighted by atomic mass is 16.3. The number of benzene rings is 1. The van der Waals surface area contributed by atoms with Crippen LogP contribution in [0.25, 0.3) is 11.0 Å². The van der Waals surface area contributed by atoms with Crippen LogP contribution in [0.2, 0.25) is 0 Å². The highest BCUT2D eigenvalue weighted by Gasteiger charge is 2.29. The van der Waals surface area contributed by atoms with Crippen LogP contribution < -0.4 is 5.32 Å². The second-order valence-electron chi connectivity index (χ2n) is 11.3. The average Bonchev–Trinajstić information content (AvgIpc) is 3.32. The number of nitrogens with zero attached hydrogens (tertiary/aromatic N) is 4. The Kier molecular flexibility index (Phi) is 8.32. The van der Waals surface area contributed by atoms with E-state index in [0.717, 1.165) is 87.5 Å². The molecule has 1 aliphatic heterocycles. The van der Waals surface area contributed by atoms with E-state index in [-0.39, 0.29) is 12.0 Å². The minimum absolute atomic E-state index is 0.134. The Bertz CT molecular complexity index is 1220. The Labute approximate surface area is 226 Å². The maximum atomic E-state index is 13.1.